The molecule has 2 rings (SSSR count). The van der Waals surface area contributed by atoms with E-state index in [0.717, 1.165) is 40.8 Å². The molecule has 5 heteroatoms. The van der Waals surface area contributed by atoms with E-state index in [9.17, 15) is 0 Å². The molecule has 1 aliphatic rings. The van der Waals surface area contributed by atoms with Crippen LogP contribution in [0.5, 0.6) is 0 Å². The highest BCUT2D eigenvalue weighted by atomic mass is 79.9. The van der Waals surface area contributed by atoms with E-state index in [2.05, 4.69) is 49.1 Å². The standard InChI is InChI=1S/C12H16Br2N2O/c1-2-15-11(8-3-4-17-7-8)12-10(14)5-9(13)6-16-12/h5-6,8,11,15H,2-4,7H2,1H3. The first-order chi connectivity index (χ1) is 8.22. The lowest BCUT2D eigenvalue weighted by Gasteiger charge is -2.23. The Morgan fingerprint density at radius 2 is 2.41 bits per heavy atom. The van der Waals surface area contributed by atoms with Gasteiger partial charge in [0.2, 0.25) is 0 Å². The van der Waals surface area contributed by atoms with E-state index in [4.69, 9.17) is 4.74 Å². The summed E-state index contributed by atoms with van der Waals surface area (Å²) in [5.74, 6) is 0.514. The normalized spacial score (nSPS) is 21.7. The second kappa shape index (κ2) is 6.27. The summed E-state index contributed by atoms with van der Waals surface area (Å²) >= 11 is 7.02. The van der Waals surface area contributed by atoms with E-state index in [-0.39, 0.29) is 6.04 Å². The lowest BCUT2D eigenvalue weighted by molar-refractivity contribution is 0.176. The Bertz CT molecular complexity index is 381. The average Bonchev–Trinajstić information content (AvgIpc) is 2.80. The molecule has 17 heavy (non-hydrogen) atoms. The fraction of sp³-hybridized carbons (Fsp3) is 0.583. The molecular formula is C12H16Br2N2O. The molecule has 0 aromatic carbocycles. The average molecular weight is 364 g/mol. The first-order valence-corrected chi connectivity index (χ1v) is 7.43. The van der Waals surface area contributed by atoms with Gasteiger partial charge >= 0.3 is 0 Å². The van der Waals surface area contributed by atoms with E-state index in [1.165, 1.54) is 0 Å². The fourth-order valence-electron chi connectivity index (χ4n) is 2.18. The number of pyridine rings is 1. The minimum atomic E-state index is 0.268. The third-order valence-electron chi connectivity index (χ3n) is 2.99. The van der Waals surface area contributed by atoms with Crippen LogP contribution in [0.2, 0.25) is 0 Å². The van der Waals surface area contributed by atoms with Crippen LogP contribution in [0.25, 0.3) is 0 Å². The summed E-state index contributed by atoms with van der Waals surface area (Å²) in [6.07, 6.45) is 2.95. The van der Waals surface area contributed by atoms with E-state index in [1.54, 1.807) is 0 Å². The van der Waals surface area contributed by atoms with Crippen molar-refractivity contribution in [2.75, 3.05) is 19.8 Å². The summed E-state index contributed by atoms with van der Waals surface area (Å²) in [6, 6.07) is 2.31. The van der Waals surface area contributed by atoms with Gasteiger partial charge in [0.05, 0.1) is 18.3 Å². The zero-order chi connectivity index (χ0) is 12.3. The highest BCUT2D eigenvalue weighted by Gasteiger charge is 2.28. The lowest BCUT2D eigenvalue weighted by Crippen LogP contribution is -2.29. The van der Waals surface area contributed by atoms with Gasteiger partial charge in [-0.15, -0.1) is 0 Å². The molecule has 3 nitrogen and oxygen atoms in total. The van der Waals surface area contributed by atoms with Crippen molar-refractivity contribution in [2.45, 2.75) is 19.4 Å². The van der Waals surface area contributed by atoms with Crippen LogP contribution in [0.15, 0.2) is 21.2 Å². The topological polar surface area (TPSA) is 34.2 Å². The largest absolute Gasteiger partial charge is 0.381 e. The molecule has 0 saturated carbocycles. The Morgan fingerprint density at radius 3 is 3.00 bits per heavy atom. The molecule has 1 aromatic rings. The van der Waals surface area contributed by atoms with Crippen molar-refractivity contribution in [2.24, 2.45) is 5.92 Å². The van der Waals surface area contributed by atoms with E-state index in [1.807, 2.05) is 12.3 Å². The first-order valence-electron chi connectivity index (χ1n) is 5.84. The van der Waals surface area contributed by atoms with Gasteiger partial charge < -0.3 is 10.1 Å². The molecule has 0 aliphatic carbocycles. The van der Waals surface area contributed by atoms with Gasteiger partial charge in [-0.25, -0.2) is 0 Å². The zero-order valence-electron chi connectivity index (χ0n) is 9.75. The van der Waals surface area contributed by atoms with Crippen molar-refractivity contribution < 1.29 is 4.74 Å². The number of ether oxygens (including phenoxy) is 1. The maximum atomic E-state index is 5.48. The monoisotopic (exact) mass is 362 g/mol. The Kier molecular flexibility index (Phi) is 4.97. The summed E-state index contributed by atoms with van der Waals surface area (Å²) in [6.45, 7) is 4.74. The van der Waals surface area contributed by atoms with Crippen molar-refractivity contribution in [3.05, 3.63) is 26.9 Å². The van der Waals surface area contributed by atoms with Crippen molar-refractivity contribution >= 4 is 31.9 Å². The van der Waals surface area contributed by atoms with Gasteiger partial charge in [-0.1, -0.05) is 6.92 Å². The number of nitrogens with one attached hydrogen (secondary N) is 1. The van der Waals surface area contributed by atoms with Gasteiger partial charge in [0.25, 0.3) is 0 Å². The molecule has 1 aromatic heterocycles. The molecule has 1 aliphatic heterocycles. The minimum absolute atomic E-state index is 0.268. The second-order valence-electron chi connectivity index (χ2n) is 4.18. The molecule has 2 atom stereocenters. The number of hydrogen-bond acceptors (Lipinski definition) is 3. The fourth-order valence-corrected chi connectivity index (χ4v) is 3.41. The predicted octanol–water partition coefficient (Wildman–Crippen LogP) is 3.29. The maximum Gasteiger partial charge on any atom is 0.0719 e. The number of nitrogens with zero attached hydrogens (tertiary/aromatic N) is 1. The van der Waals surface area contributed by atoms with Gasteiger partial charge in [-0.05, 0) is 50.9 Å². The third-order valence-corrected chi connectivity index (χ3v) is 4.06. The molecule has 1 fully saturated rings. The van der Waals surface area contributed by atoms with Crippen LogP contribution >= 0.6 is 31.9 Å². The molecule has 0 spiro atoms. The predicted molar refractivity (Wildman–Crippen MR) is 75.0 cm³/mol. The quantitative estimate of drug-likeness (QED) is 0.891. The van der Waals surface area contributed by atoms with Crippen LogP contribution in [0.1, 0.15) is 25.1 Å². The van der Waals surface area contributed by atoms with Crippen molar-refractivity contribution in [1.82, 2.24) is 10.3 Å². The first kappa shape index (κ1) is 13.5. The summed E-state index contributed by atoms with van der Waals surface area (Å²) in [5, 5.41) is 3.51. The van der Waals surface area contributed by atoms with Crippen LogP contribution < -0.4 is 5.32 Å². The van der Waals surface area contributed by atoms with Gasteiger partial charge in [0.15, 0.2) is 0 Å². The van der Waals surface area contributed by atoms with Crippen molar-refractivity contribution in [3.8, 4) is 0 Å². The summed E-state index contributed by atoms with van der Waals surface area (Å²) in [7, 11) is 0. The van der Waals surface area contributed by atoms with Crippen LogP contribution in [-0.4, -0.2) is 24.7 Å². The zero-order valence-corrected chi connectivity index (χ0v) is 12.9. The molecule has 0 bridgehead atoms. The maximum absolute atomic E-state index is 5.48. The van der Waals surface area contributed by atoms with Crippen molar-refractivity contribution in [3.63, 3.8) is 0 Å². The van der Waals surface area contributed by atoms with Gasteiger partial charge in [0.1, 0.15) is 0 Å². The van der Waals surface area contributed by atoms with E-state index >= 15 is 0 Å². The van der Waals surface area contributed by atoms with Gasteiger partial charge in [-0.2, -0.15) is 0 Å². The lowest BCUT2D eigenvalue weighted by atomic mass is 9.95. The van der Waals surface area contributed by atoms with Crippen molar-refractivity contribution in [1.29, 1.82) is 0 Å². The summed E-state index contributed by atoms with van der Waals surface area (Å²) < 4.78 is 7.51. The highest BCUT2D eigenvalue weighted by Crippen LogP contribution is 2.32. The summed E-state index contributed by atoms with van der Waals surface area (Å²) in [5.41, 5.74) is 1.07. The SMILES string of the molecule is CCNC(c1ncc(Br)cc1Br)C1CCOC1. The molecular weight excluding hydrogens is 348 g/mol. The minimum Gasteiger partial charge on any atom is -0.381 e. The Morgan fingerprint density at radius 1 is 1.59 bits per heavy atom. The molecule has 2 heterocycles. The molecule has 94 valence electrons. The smallest absolute Gasteiger partial charge is 0.0719 e. The Hall–Kier alpha value is 0.0300. The van der Waals surface area contributed by atoms with E-state index in [0.29, 0.717) is 5.92 Å². The summed E-state index contributed by atoms with van der Waals surface area (Å²) in [4.78, 5) is 4.53. The second-order valence-corrected chi connectivity index (χ2v) is 5.95. The Labute approximate surface area is 119 Å². The third kappa shape index (κ3) is 3.28. The van der Waals surface area contributed by atoms with Crippen LogP contribution in [0.3, 0.4) is 0 Å². The van der Waals surface area contributed by atoms with Gasteiger partial charge in [0, 0.05) is 27.7 Å². The number of aromatic nitrogens is 1. The van der Waals surface area contributed by atoms with Crippen LogP contribution in [0, 0.1) is 5.92 Å². The van der Waals surface area contributed by atoms with E-state index < -0.39 is 0 Å². The number of halogens is 2. The molecule has 2 unspecified atom stereocenters. The number of hydrogen-bond donors (Lipinski definition) is 1. The van der Waals surface area contributed by atoms with Gasteiger partial charge in [-0.3, -0.25) is 4.98 Å². The molecule has 0 amide bonds. The van der Waals surface area contributed by atoms with Crippen LogP contribution in [0.4, 0.5) is 0 Å². The highest BCUT2D eigenvalue weighted by molar-refractivity contribution is 9.11. The molecule has 1 N–H and O–H groups in total. The Balaban J connectivity index is 2.24. The molecule has 1 saturated heterocycles. The number of rotatable bonds is 4. The molecule has 0 radical (unpaired) electrons. The van der Waals surface area contributed by atoms with Crippen LogP contribution in [-0.2, 0) is 4.74 Å².